The summed E-state index contributed by atoms with van der Waals surface area (Å²) in [5.41, 5.74) is 5.66. The Kier molecular flexibility index (Phi) is 6.59. The van der Waals surface area contributed by atoms with Crippen LogP contribution in [0.25, 0.3) is 0 Å². The van der Waals surface area contributed by atoms with E-state index in [1.165, 1.54) is 0 Å². The molecule has 0 bridgehead atoms. The molecule has 2 aromatic rings. The van der Waals surface area contributed by atoms with E-state index in [0.29, 0.717) is 6.42 Å². The Morgan fingerprint density at radius 3 is 2.47 bits per heavy atom. The van der Waals surface area contributed by atoms with Gasteiger partial charge in [0.25, 0.3) is 0 Å². The molecule has 4 atom stereocenters. The molecule has 1 aliphatic rings. The van der Waals surface area contributed by atoms with Gasteiger partial charge in [-0.15, -0.1) is 0 Å². The topological polar surface area (TPSA) is 87.5 Å². The molecule has 1 aliphatic carbocycles. The average molecular weight is 410 g/mol. The van der Waals surface area contributed by atoms with Gasteiger partial charge in [0, 0.05) is 11.6 Å². The van der Waals surface area contributed by atoms with Crippen molar-refractivity contribution in [3.8, 4) is 0 Å². The van der Waals surface area contributed by atoms with E-state index >= 15 is 0 Å². The van der Waals surface area contributed by atoms with Gasteiger partial charge in [-0.2, -0.15) is 0 Å². The number of carboxylic acid groups (broad SMARTS) is 2. The number of hydrogen-bond acceptors (Lipinski definition) is 3. The minimum Gasteiger partial charge on any atom is -0.481 e. The summed E-state index contributed by atoms with van der Waals surface area (Å²) >= 11 is 0. The first-order chi connectivity index (χ1) is 14.2. The van der Waals surface area contributed by atoms with Crippen molar-refractivity contribution in [2.45, 2.75) is 65.2 Å². The summed E-state index contributed by atoms with van der Waals surface area (Å²) in [6.45, 7) is 7.76. The Bertz CT molecular complexity index is 952. The number of carbonyl (C=O) groups is 2. The molecule has 0 radical (unpaired) electrons. The second-order valence-electron chi connectivity index (χ2n) is 8.66. The third kappa shape index (κ3) is 4.25. The maximum Gasteiger partial charge on any atom is 0.308 e. The molecule has 1 aromatic heterocycles. The fourth-order valence-electron chi connectivity index (χ4n) is 4.64. The fourth-order valence-corrected chi connectivity index (χ4v) is 4.64. The van der Waals surface area contributed by atoms with Gasteiger partial charge in [-0.25, -0.2) is 0 Å². The summed E-state index contributed by atoms with van der Waals surface area (Å²) in [7, 11) is 0. The van der Waals surface area contributed by atoms with Crippen LogP contribution >= 0.6 is 0 Å². The lowest BCUT2D eigenvalue weighted by atomic mass is 9.80. The highest BCUT2D eigenvalue weighted by molar-refractivity contribution is 5.76. The van der Waals surface area contributed by atoms with Gasteiger partial charge in [0.1, 0.15) is 0 Å². The van der Waals surface area contributed by atoms with E-state index in [1.54, 1.807) is 6.92 Å². The lowest BCUT2D eigenvalue weighted by Gasteiger charge is -2.23. The summed E-state index contributed by atoms with van der Waals surface area (Å²) in [6.07, 6.45) is 3.36. The van der Waals surface area contributed by atoms with Crippen molar-refractivity contribution in [3.63, 3.8) is 0 Å². The van der Waals surface area contributed by atoms with Crippen molar-refractivity contribution in [1.82, 2.24) is 4.98 Å². The second kappa shape index (κ2) is 8.99. The Morgan fingerprint density at radius 1 is 1.13 bits per heavy atom. The van der Waals surface area contributed by atoms with E-state index in [4.69, 9.17) is 4.98 Å². The molecule has 30 heavy (non-hydrogen) atoms. The monoisotopic (exact) mass is 409 g/mol. The number of fused-ring (bicyclic) bond motifs is 1. The third-order valence-electron chi connectivity index (χ3n) is 6.35. The van der Waals surface area contributed by atoms with Crippen LogP contribution in [0, 0.1) is 18.8 Å². The molecule has 2 N–H and O–H groups in total. The maximum atomic E-state index is 12.3. The number of rotatable bonds is 8. The van der Waals surface area contributed by atoms with E-state index < -0.39 is 23.8 Å². The first kappa shape index (κ1) is 22.0. The number of benzene rings is 1. The number of aryl methyl sites for hydroxylation is 2. The number of unbranched alkanes of at least 4 members (excludes halogenated alkanes) is 1. The van der Waals surface area contributed by atoms with Crippen LogP contribution in [0.1, 0.15) is 79.1 Å². The predicted octanol–water partition coefficient (Wildman–Crippen LogP) is 4.95. The summed E-state index contributed by atoms with van der Waals surface area (Å²) < 4.78 is 0. The van der Waals surface area contributed by atoms with Crippen molar-refractivity contribution in [2.75, 3.05) is 0 Å². The average Bonchev–Trinajstić information content (AvgIpc) is 2.98. The first-order valence-electron chi connectivity index (χ1n) is 10.8. The highest BCUT2D eigenvalue weighted by Gasteiger charge is 2.45. The number of nitrogens with zero attached hydrogens (tertiary/aromatic N) is 1. The standard InChI is InChI=1S/C25H31NO4/c1-5-6-7-18-9-11-19-16(4)21(25(29)30)22(23(19)26-18)20-10-8-14(2)12-17(20)13-15(3)24(27)28/h8-12,15-16,21-22H,5-7,13H2,1-4H3,(H,27,28)(H,29,30)/t15-,16-,21+,22-/m0/s1. The van der Waals surface area contributed by atoms with E-state index in [1.807, 2.05) is 44.2 Å². The van der Waals surface area contributed by atoms with Gasteiger partial charge in [-0.05, 0) is 54.9 Å². The molecule has 0 fully saturated rings. The molecule has 1 heterocycles. The maximum absolute atomic E-state index is 12.3. The summed E-state index contributed by atoms with van der Waals surface area (Å²) in [4.78, 5) is 28.7. The highest BCUT2D eigenvalue weighted by atomic mass is 16.4. The number of carboxylic acids is 2. The molecule has 1 aromatic carbocycles. The van der Waals surface area contributed by atoms with Gasteiger partial charge >= 0.3 is 11.9 Å². The van der Waals surface area contributed by atoms with Crippen molar-refractivity contribution < 1.29 is 19.8 Å². The molecule has 0 spiro atoms. The van der Waals surface area contributed by atoms with Gasteiger partial charge in [-0.3, -0.25) is 14.6 Å². The molecule has 0 saturated carbocycles. The first-order valence-corrected chi connectivity index (χ1v) is 10.8. The van der Waals surface area contributed by atoms with Crippen LogP contribution in [0.4, 0.5) is 0 Å². The number of hydrogen-bond donors (Lipinski definition) is 2. The Morgan fingerprint density at radius 2 is 1.83 bits per heavy atom. The lowest BCUT2D eigenvalue weighted by molar-refractivity contribution is -0.143. The number of aromatic nitrogens is 1. The van der Waals surface area contributed by atoms with Crippen LogP contribution in [0.2, 0.25) is 0 Å². The van der Waals surface area contributed by atoms with Gasteiger partial charge in [-0.1, -0.05) is 57.0 Å². The van der Waals surface area contributed by atoms with Crippen LogP contribution < -0.4 is 0 Å². The third-order valence-corrected chi connectivity index (χ3v) is 6.35. The molecule has 0 saturated heterocycles. The van der Waals surface area contributed by atoms with Gasteiger partial charge in [0.15, 0.2) is 0 Å². The number of pyridine rings is 1. The zero-order valence-corrected chi connectivity index (χ0v) is 18.2. The van der Waals surface area contributed by atoms with E-state index in [-0.39, 0.29) is 11.8 Å². The summed E-state index contributed by atoms with van der Waals surface area (Å²) in [6, 6.07) is 10.0. The smallest absolute Gasteiger partial charge is 0.308 e. The lowest BCUT2D eigenvalue weighted by Crippen LogP contribution is -2.24. The largest absolute Gasteiger partial charge is 0.481 e. The van der Waals surface area contributed by atoms with Crippen LogP contribution in [-0.4, -0.2) is 27.1 Å². The molecule has 3 rings (SSSR count). The second-order valence-corrected chi connectivity index (χ2v) is 8.66. The molecular weight excluding hydrogens is 378 g/mol. The fraction of sp³-hybridized carbons (Fsp3) is 0.480. The van der Waals surface area contributed by atoms with Crippen molar-refractivity contribution in [3.05, 3.63) is 64.0 Å². The minimum absolute atomic E-state index is 0.152. The van der Waals surface area contributed by atoms with Crippen LogP contribution in [0.3, 0.4) is 0 Å². The van der Waals surface area contributed by atoms with Crippen LogP contribution in [0.15, 0.2) is 30.3 Å². The Hall–Kier alpha value is -2.69. The Balaban J connectivity index is 2.14. The SMILES string of the molecule is CCCCc1ccc2c(n1)[C@@H](c1ccc(C)cc1C[C@H](C)C(=O)O)[C@H](C(=O)O)[C@H]2C. The molecule has 5 heteroatoms. The zero-order valence-electron chi connectivity index (χ0n) is 18.2. The van der Waals surface area contributed by atoms with Gasteiger partial charge < -0.3 is 10.2 Å². The van der Waals surface area contributed by atoms with Gasteiger partial charge in [0.2, 0.25) is 0 Å². The Labute approximate surface area is 178 Å². The molecule has 0 aliphatic heterocycles. The van der Waals surface area contributed by atoms with E-state index in [0.717, 1.165) is 52.9 Å². The van der Waals surface area contributed by atoms with E-state index in [9.17, 15) is 19.8 Å². The van der Waals surface area contributed by atoms with Crippen LogP contribution in [0.5, 0.6) is 0 Å². The van der Waals surface area contributed by atoms with E-state index in [2.05, 4.69) is 6.92 Å². The highest BCUT2D eigenvalue weighted by Crippen LogP contribution is 2.50. The summed E-state index contributed by atoms with van der Waals surface area (Å²) in [5, 5.41) is 19.5. The van der Waals surface area contributed by atoms with Gasteiger partial charge in [0.05, 0.1) is 17.5 Å². The van der Waals surface area contributed by atoms with Crippen molar-refractivity contribution >= 4 is 11.9 Å². The van der Waals surface area contributed by atoms with Crippen molar-refractivity contribution in [1.29, 1.82) is 0 Å². The zero-order chi connectivity index (χ0) is 22.0. The predicted molar refractivity (Wildman–Crippen MR) is 116 cm³/mol. The molecule has 0 amide bonds. The molecule has 160 valence electrons. The molecular formula is C25H31NO4. The van der Waals surface area contributed by atoms with Crippen molar-refractivity contribution in [2.24, 2.45) is 11.8 Å². The minimum atomic E-state index is -0.850. The molecule has 5 nitrogen and oxygen atoms in total. The quantitative estimate of drug-likeness (QED) is 0.644. The number of aliphatic carboxylic acids is 2. The summed E-state index contributed by atoms with van der Waals surface area (Å²) in [5.74, 6) is -3.37. The van der Waals surface area contributed by atoms with Crippen LogP contribution in [-0.2, 0) is 22.4 Å². The normalized spacial score (nSPS) is 21.3. The molecule has 0 unspecified atom stereocenters.